The molecule has 0 saturated heterocycles. The topological polar surface area (TPSA) is 66.5 Å². The zero-order valence-corrected chi connectivity index (χ0v) is 20.8. The molecule has 0 aliphatic carbocycles. The molecule has 1 aliphatic heterocycles. The van der Waals surface area contributed by atoms with Crippen LogP contribution in [0.1, 0.15) is 33.1 Å². The number of carbonyl (C=O) groups excluding carboxylic acids is 1. The third-order valence-corrected chi connectivity index (χ3v) is 6.48. The highest BCUT2D eigenvalue weighted by atomic mass is 16.5. The molecule has 3 aromatic rings. The predicted octanol–water partition coefficient (Wildman–Crippen LogP) is 4.71. The second kappa shape index (κ2) is 10.6. The van der Waals surface area contributed by atoms with Gasteiger partial charge in [-0.2, -0.15) is 0 Å². The number of methoxy groups -OCH3 is 5. The fourth-order valence-electron chi connectivity index (χ4n) is 4.62. The molecule has 7 heteroatoms. The lowest BCUT2D eigenvalue weighted by molar-refractivity contribution is 0.0659. The van der Waals surface area contributed by atoms with Crippen LogP contribution in [0, 0.1) is 0 Å². The first kappa shape index (κ1) is 24.3. The van der Waals surface area contributed by atoms with Crippen molar-refractivity contribution >= 4 is 5.91 Å². The molecule has 184 valence electrons. The molecule has 35 heavy (non-hydrogen) atoms. The molecule has 1 amide bonds. The van der Waals surface area contributed by atoms with Gasteiger partial charge in [-0.3, -0.25) is 4.79 Å². The smallest absolute Gasteiger partial charge is 0.254 e. The Bertz CT molecular complexity index is 1190. The Kier molecular flexibility index (Phi) is 7.34. The van der Waals surface area contributed by atoms with Gasteiger partial charge in [0.1, 0.15) is 5.75 Å². The van der Waals surface area contributed by atoms with Crippen molar-refractivity contribution in [2.24, 2.45) is 0 Å². The maximum Gasteiger partial charge on any atom is 0.254 e. The first-order valence-corrected chi connectivity index (χ1v) is 11.4. The molecule has 0 N–H and O–H groups in total. The van der Waals surface area contributed by atoms with Gasteiger partial charge >= 0.3 is 0 Å². The maximum absolute atomic E-state index is 13.7. The van der Waals surface area contributed by atoms with Crippen molar-refractivity contribution < 1.29 is 28.5 Å². The van der Waals surface area contributed by atoms with Crippen molar-refractivity contribution in [3.8, 4) is 28.7 Å². The van der Waals surface area contributed by atoms with Crippen LogP contribution in [-0.4, -0.2) is 52.9 Å². The van der Waals surface area contributed by atoms with Crippen LogP contribution in [0.2, 0.25) is 0 Å². The molecule has 0 radical (unpaired) electrons. The summed E-state index contributed by atoms with van der Waals surface area (Å²) in [7, 11) is 8.10. The highest BCUT2D eigenvalue weighted by Crippen LogP contribution is 2.41. The van der Waals surface area contributed by atoms with Crippen molar-refractivity contribution in [2.45, 2.75) is 18.9 Å². The van der Waals surface area contributed by atoms with Gasteiger partial charge < -0.3 is 28.6 Å². The monoisotopic (exact) mass is 477 g/mol. The van der Waals surface area contributed by atoms with Crippen LogP contribution in [0.5, 0.6) is 28.7 Å². The molecule has 0 unspecified atom stereocenters. The van der Waals surface area contributed by atoms with Gasteiger partial charge in [-0.15, -0.1) is 0 Å². The highest BCUT2D eigenvalue weighted by Gasteiger charge is 2.33. The molecule has 4 rings (SSSR count). The quantitative estimate of drug-likeness (QED) is 0.468. The summed E-state index contributed by atoms with van der Waals surface area (Å²) >= 11 is 0. The fourth-order valence-corrected chi connectivity index (χ4v) is 4.62. The largest absolute Gasteiger partial charge is 0.497 e. The lowest BCUT2D eigenvalue weighted by Gasteiger charge is -2.38. The van der Waals surface area contributed by atoms with Gasteiger partial charge in [0.05, 0.1) is 41.6 Å². The van der Waals surface area contributed by atoms with E-state index in [-0.39, 0.29) is 11.9 Å². The molecule has 0 fully saturated rings. The summed E-state index contributed by atoms with van der Waals surface area (Å²) in [4.78, 5) is 15.6. The summed E-state index contributed by atoms with van der Waals surface area (Å²) in [6.07, 6.45) is 1.32. The van der Waals surface area contributed by atoms with E-state index in [1.165, 1.54) is 0 Å². The van der Waals surface area contributed by atoms with E-state index < -0.39 is 0 Å². The number of fused-ring (bicyclic) bond motifs is 1. The van der Waals surface area contributed by atoms with Crippen LogP contribution < -0.4 is 23.7 Å². The lowest BCUT2D eigenvalue weighted by atomic mass is 9.87. The Morgan fingerprint density at radius 1 is 0.771 bits per heavy atom. The van der Waals surface area contributed by atoms with Gasteiger partial charge in [0.15, 0.2) is 23.0 Å². The summed E-state index contributed by atoms with van der Waals surface area (Å²) in [5.41, 5.74) is 3.84. The van der Waals surface area contributed by atoms with Crippen LogP contribution >= 0.6 is 0 Å². The number of carbonyl (C=O) groups is 1. The zero-order valence-electron chi connectivity index (χ0n) is 20.8. The van der Waals surface area contributed by atoms with Crippen molar-refractivity contribution in [1.29, 1.82) is 0 Å². The fraction of sp³-hybridized carbons (Fsp3) is 0.321. The van der Waals surface area contributed by atoms with Gasteiger partial charge in [-0.1, -0.05) is 6.07 Å². The van der Waals surface area contributed by atoms with Crippen LogP contribution in [0.15, 0.2) is 54.6 Å². The first-order valence-electron chi connectivity index (χ1n) is 11.4. The second-order valence-electron chi connectivity index (χ2n) is 8.29. The molecule has 0 spiro atoms. The van der Waals surface area contributed by atoms with Crippen LogP contribution in [0.25, 0.3) is 0 Å². The minimum Gasteiger partial charge on any atom is -0.497 e. The molecular weight excluding hydrogens is 446 g/mol. The van der Waals surface area contributed by atoms with Crippen molar-refractivity contribution in [3.63, 3.8) is 0 Å². The number of nitrogens with zero attached hydrogens (tertiary/aromatic N) is 1. The zero-order chi connectivity index (χ0) is 24.9. The van der Waals surface area contributed by atoms with Gasteiger partial charge in [-0.25, -0.2) is 0 Å². The standard InChI is InChI=1S/C28H31NO6/c1-31-21-9-7-19(8-10-21)28(30)29-13-12-20-16-26(34-4)27(35-5)17-22(20)23(29)14-18-6-11-24(32-2)25(15-18)33-3/h6-11,15-17,23H,12-14H2,1-5H3/t23-/m1/s1. The second-order valence-corrected chi connectivity index (χ2v) is 8.29. The molecule has 1 heterocycles. The molecule has 0 aromatic heterocycles. The molecule has 0 saturated carbocycles. The predicted molar refractivity (Wildman–Crippen MR) is 133 cm³/mol. The Balaban J connectivity index is 1.76. The average molecular weight is 478 g/mol. The number of hydrogen-bond donors (Lipinski definition) is 0. The van der Waals surface area contributed by atoms with E-state index in [0.29, 0.717) is 47.3 Å². The SMILES string of the molecule is COc1ccc(C(=O)N2CCc3cc(OC)c(OC)cc3[C@H]2Cc2ccc(OC)c(OC)c2)cc1. The van der Waals surface area contributed by atoms with E-state index in [1.807, 2.05) is 47.4 Å². The summed E-state index contributed by atoms with van der Waals surface area (Å²) in [6.45, 7) is 0.589. The van der Waals surface area contributed by atoms with Crippen molar-refractivity contribution in [3.05, 3.63) is 76.9 Å². The van der Waals surface area contributed by atoms with Crippen LogP contribution in [0.4, 0.5) is 0 Å². The summed E-state index contributed by atoms with van der Waals surface area (Å²) in [6, 6.07) is 16.9. The first-order chi connectivity index (χ1) is 17.0. The van der Waals surface area contributed by atoms with Crippen molar-refractivity contribution in [2.75, 3.05) is 42.1 Å². The highest BCUT2D eigenvalue weighted by molar-refractivity contribution is 5.95. The third-order valence-electron chi connectivity index (χ3n) is 6.48. The van der Waals surface area contributed by atoms with Gasteiger partial charge in [0, 0.05) is 12.1 Å². The number of amides is 1. The van der Waals surface area contributed by atoms with Crippen LogP contribution in [-0.2, 0) is 12.8 Å². The lowest BCUT2D eigenvalue weighted by Crippen LogP contribution is -2.41. The number of hydrogen-bond acceptors (Lipinski definition) is 6. The Labute approximate surface area is 206 Å². The van der Waals surface area contributed by atoms with E-state index in [2.05, 4.69) is 0 Å². The van der Waals surface area contributed by atoms with Crippen molar-refractivity contribution in [1.82, 2.24) is 4.90 Å². The third kappa shape index (κ3) is 4.85. The van der Waals surface area contributed by atoms with E-state index in [4.69, 9.17) is 23.7 Å². The summed E-state index contributed by atoms with van der Waals surface area (Å²) < 4.78 is 27.3. The van der Waals surface area contributed by atoms with E-state index in [0.717, 1.165) is 23.1 Å². The number of benzene rings is 3. The minimum absolute atomic E-state index is 0.0291. The average Bonchev–Trinajstić information content (AvgIpc) is 2.91. The maximum atomic E-state index is 13.7. The van der Waals surface area contributed by atoms with E-state index in [9.17, 15) is 4.79 Å². The minimum atomic E-state index is -0.203. The van der Waals surface area contributed by atoms with E-state index >= 15 is 0 Å². The van der Waals surface area contributed by atoms with Gasteiger partial charge in [-0.05, 0) is 78.1 Å². The number of rotatable bonds is 8. The summed E-state index contributed by atoms with van der Waals surface area (Å²) in [5, 5.41) is 0. The van der Waals surface area contributed by atoms with Crippen LogP contribution in [0.3, 0.4) is 0 Å². The normalized spacial score (nSPS) is 14.7. The summed E-state index contributed by atoms with van der Waals surface area (Å²) in [5.74, 6) is 3.33. The molecule has 7 nitrogen and oxygen atoms in total. The molecule has 1 aliphatic rings. The molecule has 3 aromatic carbocycles. The molecule has 1 atom stereocenters. The Morgan fingerprint density at radius 3 is 2.03 bits per heavy atom. The molecular formula is C28H31NO6. The van der Waals surface area contributed by atoms with Gasteiger partial charge in [0.2, 0.25) is 0 Å². The number of ether oxygens (including phenoxy) is 5. The van der Waals surface area contributed by atoms with E-state index in [1.54, 1.807) is 47.7 Å². The Morgan fingerprint density at radius 2 is 1.40 bits per heavy atom. The molecule has 0 bridgehead atoms. The van der Waals surface area contributed by atoms with Gasteiger partial charge in [0.25, 0.3) is 5.91 Å². The Hall–Kier alpha value is -3.87.